The molecule has 0 N–H and O–H groups in total. The van der Waals surface area contributed by atoms with Crippen LogP contribution < -0.4 is 10.4 Å². The Morgan fingerprint density at radius 2 is 1.75 bits per heavy atom. The third kappa shape index (κ3) is 3.68. The largest absolute Gasteiger partial charge is 0.573 e. The van der Waals surface area contributed by atoms with E-state index in [1.807, 2.05) is 24.3 Å². The minimum Gasteiger partial charge on any atom is -0.406 e. The molecule has 3 aromatic rings. The van der Waals surface area contributed by atoms with Crippen molar-refractivity contribution in [2.24, 2.45) is 0 Å². The van der Waals surface area contributed by atoms with E-state index in [1.165, 1.54) is 16.1 Å². The van der Waals surface area contributed by atoms with Gasteiger partial charge in [0, 0.05) is 10.0 Å². The van der Waals surface area contributed by atoms with Gasteiger partial charge in [0.2, 0.25) is 0 Å². The molecule has 2 aromatic carbocycles. The molecule has 0 atom stereocenters. The van der Waals surface area contributed by atoms with Crippen molar-refractivity contribution >= 4 is 27.5 Å². The second-order valence-electron chi connectivity index (χ2n) is 4.61. The smallest absolute Gasteiger partial charge is 0.406 e. The molecule has 0 saturated heterocycles. The van der Waals surface area contributed by atoms with Crippen molar-refractivity contribution in [2.75, 3.05) is 0 Å². The summed E-state index contributed by atoms with van der Waals surface area (Å²) in [5.74, 6) is -0.352. The van der Waals surface area contributed by atoms with Gasteiger partial charge in [-0.2, -0.15) is 4.98 Å². The van der Waals surface area contributed by atoms with E-state index in [0.29, 0.717) is 10.7 Å². The Hall–Kier alpha value is -2.13. The number of ether oxygens (including phenoxy) is 1. The Bertz CT molecular complexity index is 919. The van der Waals surface area contributed by atoms with E-state index in [0.717, 1.165) is 33.7 Å². The molecule has 0 fully saturated rings. The van der Waals surface area contributed by atoms with Crippen LogP contribution in [0.15, 0.2) is 57.8 Å². The zero-order valence-electron chi connectivity index (χ0n) is 11.7. The van der Waals surface area contributed by atoms with Crippen LogP contribution in [0, 0.1) is 0 Å². The topological polar surface area (TPSA) is 44.1 Å². The maximum absolute atomic E-state index is 12.2. The van der Waals surface area contributed by atoms with Crippen LogP contribution >= 0.6 is 27.5 Å². The molecule has 0 radical (unpaired) electrons. The minimum atomic E-state index is -4.75. The first-order valence-electron chi connectivity index (χ1n) is 6.55. The molecule has 0 unspecified atom stereocenters. The molecule has 0 bridgehead atoms. The minimum absolute atomic E-state index is 0.352. The number of alkyl halides is 3. The third-order valence-electron chi connectivity index (χ3n) is 2.96. The molecule has 3 rings (SSSR count). The number of aromatic nitrogens is 2. The second kappa shape index (κ2) is 6.40. The number of nitrogens with zero attached hydrogens (tertiary/aromatic N) is 2. The molecular formula is C15H8BrF3N2O2S. The van der Waals surface area contributed by atoms with Crippen molar-refractivity contribution in [1.82, 2.24) is 8.94 Å². The van der Waals surface area contributed by atoms with Crippen LogP contribution in [0.25, 0.3) is 16.3 Å². The van der Waals surface area contributed by atoms with Crippen molar-refractivity contribution in [2.45, 2.75) is 6.36 Å². The van der Waals surface area contributed by atoms with Gasteiger partial charge in [0.15, 0.2) is 0 Å². The van der Waals surface area contributed by atoms with Crippen LogP contribution in [0.5, 0.6) is 5.75 Å². The average molecular weight is 417 g/mol. The fourth-order valence-electron chi connectivity index (χ4n) is 1.97. The lowest BCUT2D eigenvalue weighted by Crippen LogP contribution is -2.17. The van der Waals surface area contributed by atoms with Crippen molar-refractivity contribution in [3.63, 3.8) is 0 Å². The quantitative estimate of drug-likeness (QED) is 0.625. The van der Waals surface area contributed by atoms with Crippen molar-refractivity contribution in [3.05, 3.63) is 63.5 Å². The summed E-state index contributed by atoms with van der Waals surface area (Å²) in [5.41, 5.74) is 0.663. The number of rotatable bonds is 3. The van der Waals surface area contributed by atoms with E-state index >= 15 is 0 Å². The predicted octanol–water partition coefficient (Wildman–Crippen LogP) is 4.62. The molecule has 0 aliphatic heterocycles. The van der Waals surface area contributed by atoms with E-state index in [9.17, 15) is 18.0 Å². The highest BCUT2D eigenvalue weighted by atomic mass is 79.9. The highest BCUT2D eigenvalue weighted by Crippen LogP contribution is 2.30. The normalized spacial score (nSPS) is 11.5. The van der Waals surface area contributed by atoms with E-state index in [2.05, 4.69) is 25.7 Å². The van der Waals surface area contributed by atoms with Gasteiger partial charge in [-0.1, -0.05) is 34.1 Å². The van der Waals surface area contributed by atoms with Crippen LogP contribution in [0.3, 0.4) is 0 Å². The van der Waals surface area contributed by atoms with E-state index < -0.39 is 12.1 Å². The first-order chi connectivity index (χ1) is 11.3. The van der Waals surface area contributed by atoms with Gasteiger partial charge in [0.25, 0.3) is 0 Å². The Labute approximate surface area is 146 Å². The number of halogens is 4. The van der Waals surface area contributed by atoms with Crippen LogP contribution in [0.2, 0.25) is 0 Å². The highest BCUT2D eigenvalue weighted by molar-refractivity contribution is 9.10. The maximum atomic E-state index is 12.2. The van der Waals surface area contributed by atoms with Gasteiger partial charge in [-0.15, -0.1) is 13.2 Å². The lowest BCUT2D eigenvalue weighted by Gasteiger charge is -2.08. The van der Waals surface area contributed by atoms with E-state index in [4.69, 9.17) is 0 Å². The molecule has 0 aliphatic rings. The van der Waals surface area contributed by atoms with Gasteiger partial charge in [0.05, 0.1) is 5.69 Å². The van der Waals surface area contributed by atoms with E-state index in [1.54, 1.807) is 0 Å². The SMILES string of the molecule is O=c1nc(-c2ccccc2Br)sn1-c1ccc(OC(F)(F)F)cc1. The first kappa shape index (κ1) is 16.7. The lowest BCUT2D eigenvalue weighted by atomic mass is 10.2. The number of hydrogen-bond acceptors (Lipinski definition) is 4. The second-order valence-corrected chi connectivity index (χ2v) is 6.40. The van der Waals surface area contributed by atoms with Crippen LogP contribution in [-0.4, -0.2) is 15.3 Å². The maximum Gasteiger partial charge on any atom is 0.573 e. The molecule has 0 saturated carbocycles. The summed E-state index contributed by atoms with van der Waals surface area (Å²) in [6.07, 6.45) is -4.75. The van der Waals surface area contributed by atoms with E-state index in [-0.39, 0.29) is 5.75 Å². The molecule has 0 spiro atoms. The van der Waals surface area contributed by atoms with Gasteiger partial charge in [-0.25, -0.2) is 8.75 Å². The molecule has 24 heavy (non-hydrogen) atoms. The zero-order chi connectivity index (χ0) is 17.3. The lowest BCUT2D eigenvalue weighted by molar-refractivity contribution is -0.274. The molecule has 0 aliphatic carbocycles. The van der Waals surface area contributed by atoms with Gasteiger partial charge in [-0.3, -0.25) is 0 Å². The van der Waals surface area contributed by atoms with Gasteiger partial charge in [0.1, 0.15) is 10.8 Å². The Balaban J connectivity index is 1.94. The molecule has 9 heteroatoms. The molecule has 0 amide bonds. The number of hydrogen-bond donors (Lipinski definition) is 0. The van der Waals surface area contributed by atoms with Crippen molar-refractivity contribution in [3.8, 4) is 22.0 Å². The Morgan fingerprint density at radius 3 is 2.38 bits per heavy atom. The van der Waals surface area contributed by atoms with Crippen molar-refractivity contribution < 1.29 is 17.9 Å². The fourth-order valence-corrected chi connectivity index (χ4v) is 3.49. The van der Waals surface area contributed by atoms with Gasteiger partial charge < -0.3 is 4.74 Å². The van der Waals surface area contributed by atoms with Crippen LogP contribution in [0.1, 0.15) is 0 Å². The zero-order valence-corrected chi connectivity index (χ0v) is 14.2. The summed E-state index contributed by atoms with van der Waals surface area (Å²) in [5, 5.41) is 0.503. The summed E-state index contributed by atoms with van der Waals surface area (Å²) < 4.78 is 42.4. The monoisotopic (exact) mass is 416 g/mol. The summed E-state index contributed by atoms with van der Waals surface area (Å²) in [6, 6.07) is 12.3. The molecule has 4 nitrogen and oxygen atoms in total. The standard InChI is InChI=1S/C15H8BrF3N2O2S/c16-12-4-2-1-3-11(12)13-20-14(22)21(24-13)9-5-7-10(8-6-9)23-15(17,18)19/h1-8H. The van der Waals surface area contributed by atoms with Gasteiger partial charge in [-0.05, 0) is 41.9 Å². The van der Waals surface area contributed by atoms with Crippen LogP contribution in [-0.2, 0) is 0 Å². The Kier molecular flexibility index (Phi) is 4.46. The molecule has 124 valence electrons. The van der Waals surface area contributed by atoms with Gasteiger partial charge >= 0.3 is 12.1 Å². The summed E-state index contributed by atoms with van der Waals surface area (Å²) in [6.45, 7) is 0. The molecule has 1 aromatic heterocycles. The number of benzene rings is 2. The summed E-state index contributed by atoms with van der Waals surface area (Å²) in [7, 11) is 0. The average Bonchev–Trinajstić information content (AvgIpc) is 2.89. The Morgan fingerprint density at radius 1 is 1.08 bits per heavy atom. The summed E-state index contributed by atoms with van der Waals surface area (Å²) in [4.78, 5) is 16.1. The predicted molar refractivity (Wildman–Crippen MR) is 87.5 cm³/mol. The first-order valence-corrected chi connectivity index (χ1v) is 8.11. The highest BCUT2D eigenvalue weighted by Gasteiger charge is 2.31. The van der Waals surface area contributed by atoms with Crippen LogP contribution in [0.4, 0.5) is 13.2 Å². The molecule has 1 heterocycles. The van der Waals surface area contributed by atoms with Crippen molar-refractivity contribution in [1.29, 1.82) is 0 Å². The molecular weight excluding hydrogens is 409 g/mol. The fraction of sp³-hybridized carbons (Fsp3) is 0.0667. The third-order valence-corrected chi connectivity index (χ3v) is 4.68. The summed E-state index contributed by atoms with van der Waals surface area (Å²) >= 11 is 4.49.